The van der Waals surface area contributed by atoms with Crippen LogP contribution in [0.1, 0.15) is 58.4 Å². The highest BCUT2D eigenvalue weighted by Gasteiger charge is 2.37. The molecule has 0 radical (unpaired) electrons. The topological polar surface area (TPSA) is 62.7 Å². The molecule has 1 aliphatic carbocycles. The van der Waals surface area contributed by atoms with Gasteiger partial charge in [0.15, 0.2) is 18.3 Å². The van der Waals surface area contributed by atoms with E-state index in [1.54, 1.807) is 24.1 Å². The second kappa shape index (κ2) is 7.51. The third-order valence-electron chi connectivity index (χ3n) is 5.87. The molecule has 5 nitrogen and oxygen atoms in total. The maximum atomic E-state index is 15.0. The summed E-state index contributed by atoms with van der Waals surface area (Å²) in [5.41, 5.74) is 3.34. The molecule has 1 fully saturated rings. The van der Waals surface area contributed by atoms with Gasteiger partial charge in [0.25, 0.3) is 5.91 Å². The van der Waals surface area contributed by atoms with E-state index in [4.69, 9.17) is 4.74 Å². The highest BCUT2D eigenvalue weighted by atomic mass is 19.1. The number of aliphatic hydroxyl groups is 1. The van der Waals surface area contributed by atoms with Gasteiger partial charge in [-0.05, 0) is 61.9 Å². The zero-order valence-electron chi connectivity index (χ0n) is 16.2. The van der Waals surface area contributed by atoms with E-state index in [-0.39, 0.29) is 30.0 Å². The van der Waals surface area contributed by atoms with Crippen LogP contribution in [0.3, 0.4) is 0 Å². The fourth-order valence-electron chi connectivity index (χ4n) is 4.13. The summed E-state index contributed by atoms with van der Waals surface area (Å²) in [6.45, 7) is 3.60. The standard InChI is InChI=1S/C22H25FN2O3/c1-13-7-8-15(11-24-13)9-16-10-17-21(20(23)14(16)2)28-12-25(22(17)27)18-5-3-4-6-19(18)26/h7-8,10-11,18-19,26H,3-6,9,12H2,1-2H3. The van der Waals surface area contributed by atoms with E-state index in [1.807, 2.05) is 19.1 Å². The van der Waals surface area contributed by atoms with Gasteiger partial charge in [0.1, 0.15) is 0 Å². The fraction of sp³-hybridized carbons (Fsp3) is 0.455. The second-order valence-electron chi connectivity index (χ2n) is 7.80. The molecule has 1 N–H and O–H groups in total. The molecule has 1 aliphatic heterocycles. The van der Waals surface area contributed by atoms with E-state index in [0.717, 1.165) is 36.1 Å². The van der Waals surface area contributed by atoms with Crippen molar-refractivity contribution >= 4 is 5.91 Å². The Bertz CT molecular complexity index is 898. The molecule has 2 unspecified atom stereocenters. The lowest BCUT2D eigenvalue weighted by Gasteiger charge is -2.40. The molecule has 0 bridgehead atoms. The highest BCUT2D eigenvalue weighted by Crippen LogP contribution is 2.35. The Morgan fingerprint density at radius 3 is 2.79 bits per heavy atom. The first-order valence-corrected chi connectivity index (χ1v) is 9.81. The normalized spacial score (nSPS) is 22.0. The van der Waals surface area contributed by atoms with Gasteiger partial charge < -0.3 is 9.84 Å². The average molecular weight is 384 g/mol. The molecule has 0 spiro atoms. The number of amides is 1. The molecule has 1 aromatic heterocycles. The summed E-state index contributed by atoms with van der Waals surface area (Å²) >= 11 is 0. The van der Waals surface area contributed by atoms with E-state index in [0.29, 0.717) is 18.4 Å². The van der Waals surface area contributed by atoms with Gasteiger partial charge in [-0.3, -0.25) is 14.7 Å². The molecule has 2 aliphatic rings. The van der Waals surface area contributed by atoms with Crippen LogP contribution >= 0.6 is 0 Å². The third-order valence-corrected chi connectivity index (χ3v) is 5.87. The van der Waals surface area contributed by atoms with Gasteiger partial charge in [0.05, 0.1) is 17.7 Å². The molecule has 1 amide bonds. The zero-order chi connectivity index (χ0) is 19.8. The van der Waals surface area contributed by atoms with Crippen LogP contribution in [0, 0.1) is 19.7 Å². The Kier molecular flexibility index (Phi) is 5.06. The molecule has 28 heavy (non-hydrogen) atoms. The van der Waals surface area contributed by atoms with Gasteiger partial charge in [-0.15, -0.1) is 0 Å². The van der Waals surface area contributed by atoms with Crippen LogP contribution in [0.5, 0.6) is 5.75 Å². The van der Waals surface area contributed by atoms with E-state index >= 15 is 0 Å². The zero-order valence-corrected chi connectivity index (χ0v) is 16.2. The second-order valence-corrected chi connectivity index (χ2v) is 7.80. The molecule has 0 saturated heterocycles. The van der Waals surface area contributed by atoms with E-state index in [2.05, 4.69) is 4.98 Å². The smallest absolute Gasteiger partial charge is 0.260 e. The van der Waals surface area contributed by atoms with Crippen molar-refractivity contribution in [2.75, 3.05) is 6.73 Å². The number of hydrogen-bond acceptors (Lipinski definition) is 4. The molecule has 6 heteroatoms. The predicted molar refractivity (Wildman–Crippen MR) is 103 cm³/mol. The Hall–Kier alpha value is -2.47. The Balaban J connectivity index is 1.67. The largest absolute Gasteiger partial charge is 0.469 e. The van der Waals surface area contributed by atoms with Crippen molar-refractivity contribution in [1.29, 1.82) is 0 Å². The van der Waals surface area contributed by atoms with Crippen LogP contribution in [0.2, 0.25) is 0 Å². The van der Waals surface area contributed by atoms with Gasteiger partial charge in [-0.2, -0.15) is 0 Å². The summed E-state index contributed by atoms with van der Waals surface area (Å²) < 4.78 is 20.6. The van der Waals surface area contributed by atoms with Crippen LogP contribution in [0.25, 0.3) is 0 Å². The summed E-state index contributed by atoms with van der Waals surface area (Å²) in [7, 11) is 0. The van der Waals surface area contributed by atoms with Crippen molar-refractivity contribution < 1.29 is 19.0 Å². The number of aliphatic hydroxyl groups excluding tert-OH is 1. The van der Waals surface area contributed by atoms with Crippen LogP contribution in [-0.2, 0) is 6.42 Å². The molecular weight excluding hydrogens is 359 g/mol. The molecule has 4 rings (SSSR count). The van der Waals surface area contributed by atoms with Gasteiger partial charge in [0, 0.05) is 11.9 Å². The molecule has 148 valence electrons. The highest BCUT2D eigenvalue weighted by molar-refractivity contribution is 5.98. The minimum atomic E-state index is -0.559. The molecule has 2 aromatic rings. The average Bonchev–Trinajstić information content (AvgIpc) is 2.69. The number of aryl methyl sites for hydroxylation is 1. The third kappa shape index (κ3) is 3.37. The van der Waals surface area contributed by atoms with E-state index in [9.17, 15) is 14.3 Å². The number of fused-ring (bicyclic) bond motifs is 1. The molecule has 2 heterocycles. The van der Waals surface area contributed by atoms with Gasteiger partial charge in [-0.1, -0.05) is 18.9 Å². The summed E-state index contributed by atoms with van der Waals surface area (Å²) in [5.74, 6) is -0.728. The maximum absolute atomic E-state index is 15.0. The number of aromatic nitrogens is 1. The van der Waals surface area contributed by atoms with Crippen LogP contribution in [-0.4, -0.2) is 39.8 Å². The predicted octanol–water partition coefficient (Wildman–Crippen LogP) is 3.52. The van der Waals surface area contributed by atoms with Crippen LogP contribution < -0.4 is 4.74 Å². The van der Waals surface area contributed by atoms with Gasteiger partial charge >= 0.3 is 0 Å². The fourth-order valence-corrected chi connectivity index (χ4v) is 4.13. The monoisotopic (exact) mass is 384 g/mol. The number of benzene rings is 1. The molecule has 1 saturated carbocycles. The van der Waals surface area contributed by atoms with Crippen molar-refractivity contribution in [3.8, 4) is 5.75 Å². The number of pyridine rings is 1. The molecular formula is C22H25FN2O3. The minimum Gasteiger partial charge on any atom is -0.469 e. The Morgan fingerprint density at radius 1 is 1.29 bits per heavy atom. The lowest BCUT2D eigenvalue weighted by atomic mass is 9.90. The number of ether oxygens (including phenoxy) is 1. The minimum absolute atomic E-state index is 0.0227. The lowest BCUT2D eigenvalue weighted by molar-refractivity contribution is -0.0134. The van der Waals surface area contributed by atoms with Crippen molar-refractivity contribution in [2.24, 2.45) is 0 Å². The van der Waals surface area contributed by atoms with Crippen LogP contribution in [0.4, 0.5) is 4.39 Å². The Morgan fingerprint density at radius 2 is 2.07 bits per heavy atom. The SMILES string of the molecule is Cc1ccc(Cc2cc3c(c(F)c2C)OCN(C2CCCCC2O)C3=O)cn1. The van der Waals surface area contributed by atoms with Crippen molar-refractivity contribution in [3.63, 3.8) is 0 Å². The maximum Gasteiger partial charge on any atom is 0.260 e. The van der Waals surface area contributed by atoms with Crippen molar-refractivity contribution in [1.82, 2.24) is 9.88 Å². The lowest BCUT2D eigenvalue weighted by Crippen LogP contribution is -2.52. The Labute approximate surface area is 164 Å². The van der Waals surface area contributed by atoms with Crippen molar-refractivity contribution in [3.05, 3.63) is 58.2 Å². The number of hydrogen-bond donors (Lipinski definition) is 1. The number of carbonyl (C=O) groups excluding carboxylic acids is 1. The number of nitrogens with zero attached hydrogens (tertiary/aromatic N) is 2. The number of halogens is 1. The first kappa shape index (κ1) is 18.9. The van der Waals surface area contributed by atoms with E-state index < -0.39 is 11.9 Å². The summed E-state index contributed by atoms with van der Waals surface area (Å²) in [4.78, 5) is 19.0. The summed E-state index contributed by atoms with van der Waals surface area (Å²) in [5, 5.41) is 10.3. The number of carbonyl (C=O) groups is 1. The van der Waals surface area contributed by atoms with E-state index in [1.165, 1.54) is 0 Å². The van der Waals surface area contributed by atoms with Crippen molar-refractivity contribution in [2.45, 2.75) is 58.1 Å². The molecule has 2 atom stereocenters. The van der Waals surface area contributed by atoms with Crippen LogP contribution in [0.15, 0.2) is 24.4 Å². The number of rotatable bonds is 3. The van der Waals surface area contributed by atoms with Gasteiger partial charge in [0.2, 0.25) is 0 Å². The quantitative estimate of drug-likeness (QED) is 0.880. The first-order valence-electron chi connectivity index (χ1n) is 9.81. The summed E-state index contributed by atoms with van der Waals surface area (Å²) in [6, 6.07) is 5.34. The summed E-state index contributed by atoms with van der Waals surface area (Å²) in [6.07, 6.45) is 5.04. The van der Waals surface area contributed by atoms with Gasteiger partial charge in [-0.25, -0.2) is 4.39 Å². The first-order chi connectivity index (χ1) is 13.5. The molecule has 1 aromatic carbocycles.